The SMILES string of the molecule is CNC1CCCc2nc(C3Cc4ccccc43)sc21. The summed E-state index contributed by atoms with van der Waals surface area (Å²) in [7, 11) is 2.07. The predicted octanol–water partition coefficient (Wildman–Crippen LogP) is 3.43. The molecule has 0 saturated heterocycles. The molecule has 1 N–H and O–H groups in total. The molecular weight excluding hydrogens is 252 g/mol. The number of benzene rings is 1. The van der Waals surface area contributed by atoms with Crippen LogP contribution in [0.1, 0.15) is 51.5 Å². The zero-order valence-electron chi connectivity index (χ0n) is 11.1. The molecule has 0 fully saturated rings. The van der Waals surface area contributed by atoms with E-state index in [4.69, 9.17) is 4.98 Å². The highest BCUT2D eigenvalue weighted by Crippen LogP contribution is 2.44. The molecule has 4 rings (SSSR count). The van der Waals surface area contributed by atoms with Gasteiger partial charge in [-0.2, -0.15) is 0 Å². The average Bonchev–Trinajstić information content (AvgIpc) is 2.83. The maximum absolute atomic E-state index is 4.95. The van der Waals surface area contributed by atoms with Gasteiger partial charge >= 0.3 is 0 Å². The molecule has 2 aliphatic rings. The molecule has 0 saturated carbocycles. The highest BCUT2D eigenvalue weighted by molar-refractivity contribution is 7.12. The summed E-state index contributed by atoms with van der Waals surface area (Å²) in [4.78, 5) is 6.44. The molecule has 2 atom stereocenters. The lowest BCUT2D eigenvalue weighted by Crippen LogP contribution is -2.19. The Bertz CT molecular complexity index is 617. The second-order valence-electron chi connectivity index (χ2n) is 5.55. The number of hydrogen-bond donors (Lipinski definition) is 1. The number of nitrogens with zero attached hydrogens (tertiary/aromatic N) is 1. The Kier molecular flexibility index (Phi) is 2.71. The monoisotopic (exact) mass is 270 g/mol. The van der Waals surface area contributed by atoms with E-state index in [1.807, 2.05) is 11.3 Å². The molecule has 0 spiro atoms. The second kappa shape index (κ2) is 4.43. The van der Waals surface area contributed by atoms with Gasteiger partial charge in [0.1, 0.15) is 5.01 Å². The van der Waals surface area contributed by atoms with Crippen molar-refractivity contribution < 1.29 is 0 Å². The molecule has 3 heteroatoms. The standard InChI is InChI=1S/C16H18N2S/c1-17-13-7-4-8-14-15(13)19-16(18-14)12-9-10-5-2-3-6-11(10)12/h2-3,5-6,12-13,17H,4,7-9H2,1H3. The Hall–Kier alpha value is -1.19. The van der Waals surface area contributed by atoms with Crippen LogP contribution in [0.2, 0.25) is 0 Å². The van der Waals surface area contributed by atoms with Crippen molar-refractivity contribution in [1.82, 2.24) is 10.3 Å². The first-order valence-electron chi connectivity index (χ1n) is 7.11. The maximum Gasteiger partial charge on any atom is 0.101 e. The van der Waals surface area contributed by atoms with Crippen molar-refractivity contribution >= 4 is 11.3 Å². The lowest BCUT2D eigenvalue weighted by molar-refractivity contribution is 0.500. The smallest absolute Gasteiger partial charge is 0.101 e. The molecule has 0 bridgehead atoms. The molecule has 2 nitrogen and oxygen atoms in total. The molecule has 2 aromatic rings. The van der Waals surface area contributed by atoms with E-state index in [0.29, 0.717) is 12.0 Å². The van der Waals surface area contributed by atoms with Crippen molar-refractivity contribution in [3.8, 4) is 0 Å². The van der Waals surface area contributed by atoms with E-state index in [1.165, 1.54) is 52.4 Å². The van der Waals surface area contributed by atoms with E-state index < -0.39 is 0 Å². The first-order valence-corrected chi connectivity index (χ1v) is 7.93. The van der Waals surface area contributed by atoms with Gasteiger partial charge in [0.05, 0.1) is 5.69 Å². The number of fused-ring (bicyclic) bond motifs is 2. The molecule has 2 aliphatic carbocycles. The third-order valence-electron chi connectivity index (χ3n) is 4.47. The minimum atomic E-state index is 0.533. The summed E-state index contributed by atoms with van der Waals surface area (Å²) in [6.07, 6.45) is 4.86. The van der Waals surface area contributed by atoms with E-state index in [9.17, 15) is 0 Å². The molecule has 1 aromatic heterocycles. The predicted molar refractivity (Wildman–Crippen MR) is 78.8 cm³/mol. The van der Waals surface area contributed by atoms with Gasteiger partial charge in [-0.3, -0.25) is 0 Å². The molecular formula is C16H18N2S. The summed E-state index contributed by atoms with van der Waals surface area (Å²) in [5, 5.41) is 4.78. The first kappa shape index (κ1) is 11.6. The van der Waals surface area contributed by atoms with Gasteiger partial charge in [-0.15, -0.1) is 11.3 Å². The summed E-state index contributed by atoms with van der Waals surface area (Å²) in [5.41, 5.74) is 4.36. The Balaban J connectivity index is 1.70. The summed E-state index contributed by atoms with van der Waals surface area (Å²) in [6, 6.07) is 9.33. The van der Waals surface area contributed by atoms with Crippen LogP contribution in [0, 0.1) is 0 Å². The third-order valence-corrected chi connectivity index (χ3v) is 5.79. The van der Waals surface area contributed by atoms with Gasteiger partial charge < -0.3 is 5.32 Å². The Morgan fingerprint density at radius 2 is 2.21 bits per heavy atom. The average molecular weight is 270 g/mol. The molecule has 1 aromatic carbocycles. The summed E-state index contributed by atoms with van der Waals surface area (Å²) in [6.45, 7) is 0. The second-order valence-corrected chi connectivity index (χ2v) is 6.61. The van der Waals surface area contributed by atoms with Gasteiger partial charge in [0.15, 0.2) is 0 Å². The third kappa shape index (κ3) is 1.76. The molecule has 2 unspecified atom stereocenters. The molecule has 0 amide bonds. The van der Waals surface area contributed by atoms with Crippen LogP contribution in [0.5, 0.6) is 0 Å². The number of aromatic nitrogens is 1. The van der Waals surface area contributed by atoms with Crippen LogP contribution in [-0.4, -0.2) is 12.0 Å². The molecule has 0 aliphatic heterocycles. The van der Waals surface area contributed by atoms with Gasteiger partial charge in [-0.1, -0.05) is 24.3 Å². The van der Waals surface area contributed by atoms with Crippen LogP contribution in [0.25, 0.3) is 0 Å². The van der Waals surface area contributed by atoms with Crippen LogP contribution >= 0.6 is 11.3 Å². The van der Waals surface area contributed by atoms with Crippen LogP contribution in [0.3, 0.4) is 0 Å². The highest BCUT2D eigenvalue weighted by atomic mass is 32.1. The normalized spacial score (nSPS) is 24.5. The van der Waals surface area contributed by atoms with Gasteiger partial charge in [0, 0.05) is 16.8 Å². The quantitative estimate of drug-likeness (QED) is 0.904. The van der Waals surface area contributed by atoms with E-state index in [2.05, 4.69) is 36.6 Å². The summed E-state index contributed by atoms with van der Waals surface area (Å²) >= 11 is 1.94. The Labute approximate surface area is 117 Å². The molecule has 98 valence electrons. The fourth-order valence-electron chi connectivity index (χ4n) is 3.34. The molecule has 19 heavy (non-hydrogen) atoms. The number of aryl methyl sites for hydroxylation is 1. The number of thiazole rings is 1. The van der Waals surface area contributed by atoms with Crippen LogP contribution in [-0.2, 0) is 12.8 Å². The topological polar surface area (TPSA) is 24.9 Å². The lowest BCUT2D eigenvalue weighted by Gasteiger charge is -2.28. The molecule has 1 heterocycles. The number of nitrogens with one attached hydrogen (secondary N) is 1. The van der Waals surface area contributed by atoms with Crippen molar-refractivity contribution in [3.05, 3.63) is 51.0 Å². The van der Waals surface area contributed by atoms with Crippen molar-refractivity contribution in [3.63, 3.8) is 0 Å². The fourth-order valence-corrected chi connectivity index (χ4v) is 4.72. The minimum Gasteiger partial charge on any atom is -0.312 e. The highest BCUT2D eigenvalue weighted by Gasteiger charge is 2.32. The largest absolute Gasteiger partial charge is 0.312 e. The number of hydrogen-bond acceptors (Lipinski definition) is 3. The Morgan fingerprint density at radius 3 is 3.05 bits per heavy atom. The maximum atomic E-state index is 4.95. The van der Waals surface area contributed by atoms with Crippen molar-refractivity contribution in [2.24, 2.45) is 0 Å². The zero-order valence-corrected chi connectivity index (χ0v) is 12.0. The summed E-state index contributed by atoms with van der Waals surface area (Å²) < 4.78 is 0. The van der Waals surface area contributed by atoms with E-state index in [1.54, 1.807) is 0 Å². The van der Waals surface area contributed by atoms with Crippen LogP contribution in [0.15, 0.2) is 24.3 Å². The number of rotatable bonds is 2. The first-order chi connectivity index (χ1) is 9.36. The van der Waals surface area contributed by atoms with Gasteiger partial charge in [0.25, 0.3) is 0 Å². The van der Waals surface area contributed by atoms with Gasteiger partial charge in [-0.05, 0) is 43.9 Å². The minimum absolute atomic E-state index is 0.533. The van der Waals surface area contributed by atoms with E-state index >= 15 is 0 Å². The van der Waals surface area contributed by atoms with Gasteiger partial charge in [-0.25, -0.2) is 4.98 Å². The van der Waals surface area contributed by atoms with Gasteiger partial charge in [0.2, 0.25) is 0 Å². The van der Waals surface area contributed by atoms with Crippen LogP contribution in [0.4, 0.5) is 0 Å². The Morgan fingerprint density at radius 1 is 1.32 bits per heavy atom. The van der Waals surface area contributed by atoms with Crippen molar-refractivity contribution in [1.29, 1.82) is 0 Å². The fraction of sp³-hybridized carbons (Fsp3) is 0.438. The van der Waals surface area contributed by atoms with Crippen molar-refractivity contribution in [2.75, 3.05) is 7.05 Å². The van der Waals surface area contributed by atoms with E-state index in [0.717, 1.165) is 0 Å². The van der Waals surface area contributed by atoms with Crippen molar-refractivity contribution in [2.45, 2.75) is 37.6 Å². The van der Waals surface area contributed by atoms with Crippen LogP contribution < -0.4 is 5.32 Å². The lowest BCUT2D eigenvalue weighted by atomic mass is 9.78. The van der Waals surface area contributed by atoms with E-state index in [-0.39, 0.29) is 0 Å². The summed E-state index contributed by atoms with van der Waals surface area (Å²) in [5.74, 6) is 0.560. The zero-order chi connectivity index (χ0) is 12.8. The molecule has 0 radical (unpaired) electrons.